The third kappa shape index (κ3) is 4.85. The van der Waals surface area contributed by atoms with Gasteiger partial charge in [0.15, 0.2) is 0 Å². The van der Waals surface area contributed by atoms with Crippen molar-refractivity contribution in [2.45, 2.75) is 6.54 Å². The minimum atomic E-state index is -1.06. The van der Waals surface area contributed by atoms with Crippen LogP contribution in [0, 0.1) is 10.1 Å². The molecule has 25 heavy (non-hydrogen) atoms. The van der Waals surface area contributed by atoms with Crippen LogP contribution in [0.4, 0.5) is 5.69 Å². The van der Waals surface area contributed by atoms with E-state index >= 15 is 0 Å². The zero-order valence-corrected chi connectivity index (χ0v) is 14.4. The van der Waals surface area contributed by atoms with Crippen LogP contribution in [0.15, 0.2) is 52.1 Å². The first-order valence-electron chi connectivity index (χ1n) is 7.10. The smallest absolute Gasteiger partial charge is 0.317 e. The van der Waals surface area contributed by atoms with Crippen molar-refractivity contribution >= 4 is 33.3 Å². The fraction of sp³-hybridized carbons (Fsp3) is 0.125. The van der Waals surface area contributed by atoms with Gasteiger partial charge in [0.05, 0.1) is 11.5 Å². The van der Waals surface area contributed by atoms with Crippen LogP contribution in [-0.4, -0.2) is 33.5 Å². The number of hydrogen-bond acceptors (Lipinski definition) is 6. The Kier molecular flexibility index (Phi) is 6.20. The lowest BCUT2D eigenvalue weighted by atomic mass is 9.99. The zero-order valence-electron chi connectivity index (χ0n) is 12.8. The molecule has 0 saturated carbocycles. The minimum absolute atomic E-state index is 0.00630. The minimum Gasteiger partial charge on any atom is -0.480 e. The zero-order chi connectivity index (χ0) is 18.4. The van der Waals surface area contributed by atoms with Gasteiger partial charge in [-0.25, -0.2) is 0 Å². The molecular formula is C16H14BrN3O5. The van der Waals surface area contributed by atoms with Gasteiger partial charge in [0, 0.05) is 33.8 Å². The van der Waals surface area contributed by atoms with E-state index in [1.165, 1.54) is 18.2 Å². The molecule has 0 radical (unpaired) electrons. The van der Waals surface area contributed by atoms with E-state index in [1.54, 1.807) is 18.2 Å². The maximum atomic E-state index is 11.2. The molecule has 0 unspecified atom stereocenters. The molecule has 9 heteroatoms. The third-order valence-corrected chi connectivity index (χ3v) is 3.83. The Hall–Kier alpha value is -2.78. The van der Waals surface area contributed by atoms with E-state index in [0.717, 1.165) is 4.47 Å². The molecule has 0 aliphatic heterocycles. The van der Waals surface area contributed by atoms with Crippen LogP contribution < -0.4 is 5.32 Å². The molecule has 0 amide bonds. The summed E-state index contributed by atoms with van der Waals surface area (Å²) in [6, 6.07) is 11.4. The lowest BCUT2D eigenvalue weighted by Gasteiger charge is -2.09. The van der Waals surface area contributed by atoms with Gasteiger partial charge < -0.3 is 15.6 Å². The van der Waals surface area contributed by atoms with E-state index in [9.17, 15) is 20.1 Å². The fourth-order valence-corrected chi connectivity index (χ4v) is 2.67. The Morgan fingerprint density at radius 1 is 1.24 bits per heavy atom. The van der Waals surface area contributed by atoms with Crippen LogP contribution in [0.25, 0.3) is 0 Å². The predicted octanol–water partition coefficient (Wildman–Crippen LogP) is 2.76. The molecule has 0 aliphatic rings. The van der Waals surface area contributed by atoms with Gasteiger partial charge in [0.1, 0.15) is 5.71 Å². The third-order valence-electron chi connectivity index (χ3n) is 3.34. The molecule has 130 valence electrons. The molecule has 0 bridgehead atoms. The summed E-state index contributed by atoms with van der Waals surface area (Å²) in [5.74, 6) is -1.06. The number of nitro groups is 1. The summed E-state index contributed by atoms with van der Waals surface area (Å²) in [4.78, 5) is 21.2. The number of carboxylic acid groups (broad SMARTS) is 1. The van der Waals surface area contributed by atoms with Crippen molar-refractivity contribution < 1.29 is 20.0 Å². The molecular weight excluding hydrogens is 394 g/mol. The maximum absolute atomic E-state index is 11.2. The summed E-state index contributed by atoms with van der Waals surface area (Å²) in [6.07, 6.45) is 0. The van der Waals surface area contributed by atoms with Gasteiger partial charge in [-0.15, -0.1) is 0 Å². The molecule has 2 aromatic rings. The lowest BCUT2D eigenvalue weighted by molar-refractivity contribution is -0.385. The Bertz CT molecular complexity index is 838. The van der Waals surface area contributed by atoms with Crippen LogP contribution in [0.3, 0.4) is 0 Å². The van der Waals surface area contributed by atoms with Crippen molar-refractivity contribution in [3.05, 3.63) is 73.7 Å². The number of halogens is 1. The molecule has 2 rings (SSSR count). The fourth-order valence-electron chi connectivity index (χ4n) is 2.27. The van der Waals surface area contributed by atoms with Crippen molar-refractivity contribution in [2.24, 2.45) is 5.16 Å². The van der Waals surface area contributed by atoms with E-state index in [2.05, 4.69) is 26.4 Å². The standard InChI is InChI=1S/C16H14BrN3O5/c17-13-3-1-2-10(7-13)16(19-23)11-4-5-14(20(24)25)12(6-11)8-18-9-15(21)22/h1-7,18,23H,8-9H2,(H,21,22)/b19-16+. The Balaban J connectivity index is 2.40. The summed E-state index contributed by atoms with van der Waals surface area (Å²) in [5, 5.41) is 35.1. The topological polar surface area (TPSA) is 125 Å². The first-order valence-corrected chi connectivity index (χ1v) is 7.90. The Morgan fingerprint density at radius 2 is 1.96 bits per heavy atom. The average Bonchev–Trinajstić information content (AvgIpc) is 2.55. The SMILES string of the molecule is O=C(O)CNCc1cc(/C(=N/O)c2cccc(Br)c2)ccc1[N+](=O)[O-]. The summed E-state index contributed by atoms with van der Waals surface area (Å²) in [5.41, 5.74) is 1.48. The highest BCUT2D eigenvalue weighted by Crippen LogP contribution is 2.23. The van der Waals surface area contributed by atoms with Gasteiger partial charge in [0.25, 0.3) is 5.69 Å². The molecule has 3 N–H and O–H groups in total. The molecule has 0 atom stereocenters. The molecule has 0 heterocycles. The lowest BCUT2D eigenvalue weighted by Crippen LogP contribution is -2.22. The molecule has 0 spiro atoms. The van der Waals surface area contributed by atoms with Crippen LogP contribution in [0.2, 0.25) is 0 Å². The normalized spacial score (nSPS) is 11.3. The number of carboxylic acids is 1. The van der Waals surface area contributed by atoms with Crippen molar-refractivity contribution in [2.75, 3.05) is 6.54 Å². The number of hydrogen-bond donors (Lipinski definition) is 3. The summed E-state index contributed by atoms with van der Waals surface area (Å²) in [7, 11) is 0. The van der Waals surface area contributed by atoms with E-state index in [4.69, 9.17) is 5.11 Å². The quantitative estimate of drug-likeness (QED) is 0.280. The van der Waals surface area contributed by atoms with Crippen molar-refractivity contribution in [1.29, 1.82) is 0 Å². The van der Waals surface area contributed by atoms with Crippen LogP contribution in [0.5, 0.6) is 0 Å². The summed E-state index contributed by atoms with van der Waals surface area (Å²) < 4.78 is 0.788. The highest BCUT2D eigenvalue weighted by atomic mass is 79.9. The Morgan fingerprint density at radius 3 is 2.56 bits per heavy atom. The second kappa shape index (κ2) is 8.36. The first-order chi connectivity index (χ1) is 11.9. The first kappa shape index (κ1) is 18.6. The molecule has 8 nitrogen and oxygen atoms in total. The van der Waals surface area contributed by atoms with E-state index in [-0.39, 0.29) is 24.5 Å². The number of nitrogens with one attached hydrogen (secondary N) is 1. The van der Waals surface area contributed by atoms with Crippen LogP contribution in [-0.2, 0) is 11.3 Å². The largest absolute Gasteiger partial charge is 0.480 e. The maximum Gasteiger partial charge on any atom is 0.317 e. The number of nitro benzene ring substituents is 1. The summed E-state index contributed by atoms with van der Waals surface area (Å²) >= 11 is 3.33. The van der Waals surface area contributed by atoms with Gasteiger partial charge in [-0.1, -0.05) is 33.2 Å². The van der Waals surface area contributed by atoms with E-state index in [0.29, 0.717) is 16.7 Å². The molecule has 0 aromatic heterocycles. The number of rotatable bonds is 7. The molecule has 0 aliphatic carbocycles. The van der Waals surface area contributed by atoms with Gasteiger partial charge in [-0.2, -0.15) is 0 Å². The van der Waals surface area contributed by atoms with Crippen molar-refractivity contribution in [1.82, 2.24) is 5.32 Å². The van der Waals surface area contributed by atoms with Gasteiger partial charge in [0.2, 0.25) is 0 Å². The summed E-state index contributed by atoms with van der Waals surface area (Å²) in [6.45, 7) is -0.332. The highest BCUT2D eigenvalue weighted by Gasteiger charge is 2.17. The van der Waals surface area contributed by atoms with E-state index < -0.39 is 10.9 Å². The van der Waals surface area contributed by atoms with Gasteiger partial charge in [-0.3, -0.25) is 14.9 Å². The molecule has 2 aromatic carbocycles. The average molecular weight is 408 g/mol. The molecule has 0 saturated heterocycles. The number of aliphatic carboxylic acids is 1. The van der Waals surface area contributed by atoms with Gasteiger partial charge in [-0.05, 0) is 24.3 Å². The number of benzene rings is 2. The van der Waals surface area contributed by atoms with Gasteiger partial charge >= 0.3 is 5.97 Å². The number of nitrogens with zero attached hydrogens (tertiary/aromatic N) is 2. The Labute approximate surface area is 151 Å². The van der Waals surface area contributed by atoms with Crippen LogP contribution >= 0.6 is 15.9 Å². The highest BCUT2D eigenvalue weighted by molar-refractivity contribution is 9.10. The second-order valence-corrected chi connectivity index (χ2v) is 5.97. The predicted molar refractivity (Wildman–Crippen MR) is 94.0 cm³/mol. The number of oxime groups is 1. The van der Waals surface area contributed by atoms with E-state index in [1.807, 2.05) is 6.07 Å². The monoisotopic (exact) mass is 407 g/mol. The number of carbonyl (C=O) groups is 1. The second-order valence-electron chi connectivity index (χ2n) is 5.06. The van der Waals surface area contributed by atoms with Crippen LogP contribution in [0.1, 0.15) is 16.7 Å². The molecule has 0 fully saturated rings. The van der Waals surface area contributed by atoms with Crippen molar-refractivity contribution in [3.63, 3.8) is 0 Å². The van der Waals surface area contributed by atoms with Crippen molar-refractivity contribution in [3.8, 4) is 0 Å².